The Morgan fingerprint density at radius 3 is 2.89 bits per heavy atom. The largest absolute Gasteiger partial charge is 0.409 e. The van der Waals surface area contributed by atoms with Crippen LogP contribution >= 0.6 is 0 Å². The molecule has 1 aromatic rings. The second-order valence-electron chi connectivity index (χ2n) is 4.34. The second-order valence-corrected chi connectivity index (χ2v) is 4.34. The first-order chi connectivity index (χ1) is 9.10. The summed E-state index contributed by atoms with van der Waals surface area (Å²) in [5, 5.41) is 14.6. The van der Waals surface area contributed by atoms with Crippen LogP contribution in [0.1, 0.15) is 18.1 Å². The third-order valence-electron chi connectivity index (χ3n) is 2.99. The smallest absolute Gasteiger partial charge is 0.173 e. The maximum Gasteiger partial charge on any atom is 0.173 e. The minimum absolute atomic E-state index is 0.118. The van der Waals surface area contributed by atoms with Gasteiger partial charge in [-0.05, 0) is 19.7 Å². The van der Waals surface area contributed by atoms with Crippen molar-refractivity contribution in [1.82, 2.24) is 10.2 Å². The van der Waals surface area contributed by atoms with Gasteiger partial charge in [-0.3, -0.25) is 0 Å². The highest BCUT2D eigenvalue weighted by Crippen LogP contribution is 2.12. The van der Waals surface area contributed by atoms with E-state index >= 15 is 0 Å². The van der Waals surface area contributed by atoms with Crippen LogP contribution in [0.5, 0.6) is 0 Å². The monoisotopic (exact) mass is 268 g/mol. The Hall–Kier alpha value is -1.66. The number of nitrogens with zero attached hydrogens (tertiary/aromatic N) is 2. The van der Waals surface area contributed by atoms with Crippen LogP contribution in [0, 0.1) is 5.82 Å². The molecular formula is C13H21FN4O. The Morgan fingerprint density at radius 1 is 1.53 bits per heavy atom. The van der Waals surface area contributed by atoms with E-state index in [0.717, 1.165) is 19.6 Å². The maximum absolute atomic E-state index is 14.0. The Bertz CT molecular complexity index is 437. The van der Waals surface area contributed by atoms with Crippen molar-refractivity contribution in [2.45, 2.75) is 13.5 Å². The fourth-order valence-corrected chi connectivity index (χ4v) is 1.62. The van der Waals surface area contributed by atoms with Gasteiger partial charge < -0.3 is 21.2 Å². The molecule has 0 amide bonds. The fourth-order valence-electron chi connectivity index (χ4n) is 1.62. The molecule has 0 aliphatic rings. The van der Waals surface area contributed by atoms with Gasteiger partial charge in [0.1, 0.15) is 5.82 Å². The second kappa shape index (κ2) is 7.70. The third kappa shape index (κ3) is 4.50. The molecule has 106 valence electrons. The van der Waals surface area contributed by atoms with Gasteiger partial charge in [0.25, 0.3) is 0 Å². The summed E-state index contributed by atoms with van der Waals surface area (Å²) in [5.41, 5.74) is 6.03. The minimum atomic E-state index is -0.450. The summed E-state index contributed by atoms with van der Waals surface area (Å²) in [4.78, 5) is 2.16. The van der Waals surface area contributed by atoms with Crippen LogP contribution < -0.4 is 11.1 Å². The standard InChI is InChI=1S/C13H21FN4O/c1-3-18(2)8-7-16-9-10-5-4-6-11(12(10)14)13(15)17-19/h4-6,16,19H,3,7-9H2,1-2H3,(H2,15,17). The molecule has 0 bridgehead atoms. The zero-order valence-electron chi connectivity index (χ0n) is 11.4. The summed E-state index contributed by atoms with van der Waals surface area (Å²) in [6.45, 7) is 5.15. The van der Waals surface area contributed by atoms with Crippen molar-refractivity contribution in [3.8, 4) is 0 Å². The van der Waals surface area contributed by atoms with E-state index in [9.17, 15) is 4.39 Å². The Balaban J connectivity index is 2.60. The van der Waals surface area contributed by atoms with E-state index in [1.807, 2.05) is 7.05 Å². The topological polar surface area (TPSA) is 73.9 Å². The molecule has 1 aromatic carbocycles. The Kier molecular flexibility index (Phi) is 6.24. The van der Waals surface area contributed by atoms with Gasteiger partial charge in [0.15, 0.2) is 5.84 Å². The van der Waals surface area contributed by atoms with Crippen LogP contribution in [-0.2, 0) is 6.54 Å². The lowest BCUT2D eigenvalue weighted by molar-refractivity contribution is 0.318. The summed E-state index contributed by atoms with van der Waals surface area (Å²) in [5.74, 6) is -0.667. The Labute approximate surface area is 112 Å². The van der Waals surface area contributed by atoms with Gasteiger partial charge in [-0.2, -0.15) is 0 Å². The fraction of sp³-hybridized carbons (Fsp3) is 0.462. The number of hydrogen-bond donors (Lipinski definition) is 3. The SMILES string of the molecule is CCN(C)CCNCc1cccc(/C(N)=N/O)c1F. The third-order valence-corrected chi connectivity index (χ3v) is 2.99. The number of nitrogens with one attached hydrogen (secondary N) is 1. The predicted octanol–water partition coefficient (Wildman–Crippen LogP) is 0.962. The highest BCUT2D eigenvalue weighted by atomic mass is 19.1. The molecule has 0 saturated carbocycles. The van der Waals surface area contributed by atoms with E-state index in [1.165, 1.54) is 6.07 Å². The van der Waals surface area contributed by atoms with Crippen LogP contribution in [-0.4, -0.2) is 42.6 Å². The van der Waals surface area contributed by atoms with Crippen LogP contribution in [0.4, 0.5) is 4.39 Å². The number of benzene rings is 1. The summed E-state index contributed by atoms with van der Waals surface area (Å²) in [6, 6.07) is 4.85. The molecule has 6 heteroatoms. The first-order valence-corrected chi connectivity index (χ1v) is 6.24. The molecule has 0 heterocycles. The maximum atomic E-state index is 14.0. The number of likely N-dealkylation sites (N-methyl/N-ethyl adjacent to an activating group) is 1. The van der Waals surface area contributed by atoms with Crippen LogP contribution in [0.25, 0.3) is 0 Å². The number of halogens is 1. The van der Waals surface area contributed by atoms with Gasteiger partial charge in [0.05, 0.1) is 5.56 Å². The predicted molar refractivity (Wildman–Crippen MR) is 73.8 cm³/mol. The van der Waals surface area contributed by atoms with E-state index in [1.54, 1.807) is 12.1 Å². The molecule has 0 radical (unpaired) electrons. The van der Waals surface area contributed by atoms with Crippen molar-refractivity contribution >= 4 is 5.84 Å². The summed E-state index contributed by atoms with van der Waals surface area (Å²) >= 11 is 0. The quantitative estimate of drug-likeness (QED) is 0.226. The van der Waals surface area contributed by atoms with Gasteiger partial charge >= 0.3 is 0 Å². The van der Waals surface area contributed by atoms with E-state index in [-0.39, 0.29) is 11.4 Å². The minimum Gasteiger partial charge on any atom is -0.409 e. The summed E-state index contributed by atoms with van der Waals surface area (Å²) < 4.78 is 14.0. The zero-order chi connectivity index (χ0) is 14.3. The lowest BCUT2D eigenvalue weighted by Gasteiger charge is -2.14. The van der Waals surface area contributed by atoms with Gasteiger partial charge in [-0.15, -0.1) is 0 Å². The molecular weight excluding hydrogens is 247 g/mol. The van der Waals surface area contributed by atoms with E-state index in [4.69, 9.17) is 10.9 Å². The molecule has 0 aliphatic heterocycles. The van der Waals surface area contributed by atoms with Crippen molar-refractivity contribution < 1.29 is 9.60 Å². The molecule has 19 heavy (non-hydrogen) atoms. The van der Waals surface area contributed by atoms with Gasteiger partial charge in [0, 0.05) is 25.2 Å². The molecule has 4 N–H and O–H groups in total. The van der Waals surface area contributed by atoms with Crippen LogP contribution in [0.2, 0.25) is 0 Å². The highest BCUT2D eigenvalue weighted by molar-refractivity contribution is 5.97. The number of amidine groups is 1. The number of hydrogen-bond acceptors (Lipinski definition) is 4. The molecule has 0 saturated heterocycles. The van der Waals surface area contributed by atoms with E-state index in [2.05, 4.69) is 22.3 Å². The summed E-state index contributed by atoms with van der Waals surface area (Å²) in [6.07, 6.45) is 0. The van der Waals surface area contributed by atoms with Crippen molar-refractivity contribution in [3.05, 3.63) is 35.1 Å². The van der Waals surface area contributed by atoms with E-state index in [0.29, 0.717) is 12.1 Å². The zero-order valence-corrected chi connectivity index (χ0v) is 11.4. The van der Waals surface area contributed by atoms with Crippen molar-refractivity contribution in [2.75, 3.05) is 26.7 Å². The average Bonchev–Trinajstić information content (AvgIpc) is 2.43. The van der Waals surface area contributed by atoms with Crippen molar-refractivity contribution in [2.24, 2.45) is 10.9 Å². The number of oxime groups is 1. The normalized spacial score (nSPS) is 12.1. The highest BCUT2D eigenvalue weighted by Gasteiger charge is 2.10. The molecule has 5 nitrogen and oxygen atoms in total. The molecule has 0 atom stereocenters. The first kappa shape index (κ1) is 15.4. The number of rotatable bonds is 7. The lowest BCUT2D eigenvalue weighted by Crippen LogP contribution is -2.29. The number of nitrogens with two attached hydrogens (primary N) is 1. The van der Waals surface area contributed by atoms with E-state index < -0.39 is 5.82 Å². The average molecular weight is 268 g/mol. The van der Waals surface area contributed by atoms with Gasteiger partial charge in [-0.25, -0.2) is 4.39 Å². The Morgan fingerprint density at radius 2 is 2.26 bits per heavy atom. The first-order valence-electron chi connectivity index (χ1n) is 6.24. The lowest BCUT2D eigenvalue weighted by atomic mass is 10.1. The molecule has 0 aromatic heterocycles. The van der Waals surface area contributed by atoms with Crippen molar-refractivity contribution in [1.29, 1.82) is 0 Å². The van der Waals surface area contributed by atoms with Crippen LogP contribution in [0.3, 0.4) is 0 Å². The molecule has 0 unspecified atom stereocenters. The van der Waals surface area contributed by atoms with Gasteiger partial charge in [-0.1, -0.05) is 24.2 Å². The molecule has 1 rings (SSSR count). The summed E-state index contributed by atoms with van der Waals surface area (Å²) in [7, 11) is 2.03. The van der Waals surface area contributed by atoms with Crippen LogP contribution in [0.15, 0.2) is 23.4 Å². The molecule has 0 fully saturated rings. The van der Waals surface area contributed by atoms with Crippen molar-refractivity contribution in [3.63, 3.8) is 0 Å². The molecule has 0 aliphatic carbocycles. The van der Waals surface area contributed by atoms with Gasteiger partial charge in [0.2, 0.25) is 0 Å². The molecule has 0 spiro atoms.